The van der Waals surface area contributed by atoms with E-state index in [-0.39, 0.29) is 28.2 Å². The first-order valence-electron chi connectivity index (χ1n) is 9.27. The van der Waals surface area contributed by atoms with E-state index in [0.29, 0.717) is 22.5 Å². The number of fused-ring (bicyclic) bond motifs is 4. The van der Waals surface area contributed by atoms with E-state index in [2.05, 4.69) is 10.2 Å². The third kappa shape index (κ3) is 4.49. The van der Waals surface area contributed by atoms with Crippen LogP contribution in [-0.2, 0) is 11.3 Å². The Morgan fingerprint density at radius 1 is 1.28 bits per heavy atom. The maximum atomic E-state index is 13.2. The van der Waals surface area contributed by atoms with Gasteiger partial charge in [0.25, 0.3) is 5.56 Å². The van der Waals surface area contributed by atoms with Gasteiger partial charge < -0.3 is 14.8 Å². The number of hydrogen-bond donors (Lipinski definition) is 1. The summed E-state index contributed by atoms with van der Waals surface area (Å²) in [6.45, 7) is 2.25. The molecule has 0 radical (unpaired) electrons. The fourth-order valence-electron chi connectivity index (χ4n) is 4.04. The summed E-state index contributed by atoms with van der Waals surface area (Å²) in [6, 6.07) is 9.49. The van der Waals surface area contributed by atoms with Crippen molar-refractivity contribution in [2.45, 2.75) is 18.9 Å². The van der Waals surface area contributed by atoms with E-state index in [1.54, 1.807) is 6.07 Å². The lowest BCUT2D eigenvalue weighted by atomic mass is 9.83. The van der Waals surface area contributed by atoms with Gasteiger partial charge in [-0.05, 0) is 36.6 Å². The second-order valence-corrected chi connectivity index (χ2v) is 9.35. The van der Waals surface area contributed by atoms with Gasteiger partial charge in [-0.25, -0.2) is 4.39 Å². The van der Waals surface area contributed by atoms with Crippen molar-refractivity contribution in [3.63, 3.8) is 0 Å². The molecular weight excluding hydrogens is 433 g/mol. The number of halogens is 2. The lowest BCUT2D eigenvalue weighted by Crippen LogP contribution is -2.48. The summed E-state index contributed by atoms with van der Waals surface area (Å²) in [7, 11) is 0. The summed E-state index contributed by atoms with van der Waals surface area (Å²) in [6.07, 6.45) is 1.05. The van der Waals surface area contributed by atoms with Crippen molar-refractivity contribution in [2.75, 3.05) is 24.2 Å². The molecule has 3 heterocycles. The van der Waals surface area contributed by atoms with Gasteiger partial charge in [0.1, 0.15) is 10.1 Å². The van der Waals surface area contributed by atoms with Gasteiger partial charge >= 0.3 is 0 Å². The zero-order valence-electron chi connectivity index (χ0n) is 15.4. The average Bonchev–Trinajstić information content (AvgIpc) is 2.69. The monoisotopic (exact) mass is 451 g/mol. The largest absolute Gasteiger partial charge is 0.356 e. The van der Waals surface area contributed by atoms with Crippen molar-refractivity contribution in [3.05, 3.63) is 63.3 Å². The molecule has 0 saturated carbocycles. The van der Waals surface area contributed by atoms with Gasteiger partial charge in [0.2, 0.25) is 5.91 Å². The molecule has 9 heteroatoms. The normalized spacial score (nSPS) is 20.1. The fraction of sp³-hybridized carbons (Fsp3) is 0.350. The second-order valence-electron chi connectivity index (χ2n) is 7.33. The number of amides is 1. The highest BCUT2D eigenvalue weighted by atomic mass is 35.5. The van der Waals surface area contributed by atoms with Gasteiger partial charge in [0, 0.05) is 43.0 Å². The summed E-state index contributed by atoms with van der Waals surface area (Å²) >= 11 is 12.6. The Labute approximate surface area is 182 Å². The van der Waals surface area contributed by atoms with E-state index >= 15 is 0 Å². The number of rotatable bonds is 3. The Morgan fingerprint density at radius 2 is 2.10 bits per heavy atom. The van der Waals surface area contributed by atoms with Crippen LogP contribution >= 0.6 is 35.6 Å². The summed E-state index contributed by atoms with van der Waals surface area (Å²) in [5.41, 5.74) is 1.57. The molecule has 0 spiro atoms. The summed E-state index contributed by atoms with van der Waals surface area (Å²) < 4.78 is 15.8. The van der Waals surface area contributed by atoms with Gasteiger partial charge in [-0.3, -0.25) is 9.59 Å². The number of carbonyl (C=O) groups excluding carboxylic acids is 1. The molecule has 1 N–H and O–H groups in total. The number of nitrogens with one attached hydrogen (secondary N) is 1. The number of carbonyl (C=O) groups is 1. The molecule has 1 saturated heterocycles. The molecule has 0 unspecified atom stereocenters. The topological polar surface area (TPSA) is 54.3 Å². The Hall–Kier alpha value is -1.90. The summed E-state index contributed by atoms with van der Waals surface area (Å²) in [5, 5.41) is 2.66. The minimum atomic E-state index is -0.528. The zero-order valence-corrected chi connectivity index (χ0v) is 17.8. The lowest BCUT2D eigenvalue weighted by molar-refractivity contribution is -0.113. The number of benzene rings is 1. The number of likely N-dealkylation sites (tertiary alicyclic amines) is 1. The van der Waals surface area contributed by atoms with Crippen LogP contribution < -0.4 is 10.9 Å². The molecular formula is C20H19ClFN3O2S2. The minimum absolute atomic E-state index is 0.0368. The van der Waals surface area contributed by atoms with Crippen LogP contribution in [0.1, 0.15) is 18.0 Å². The number of hydrogen-bond acceptors (Lipinski definition) is 4. The van der Waals surface area contributed by atoms with E-state index in [0.717, 1.165) is 25.2 Å². The van der Waals surface area contributed by atoms with E-state index in [9.17, 15) is 14.0 Å². The number of pyridine rings is 1. The summed E-state index contributed by atoms with van der Waals surface area (Å²) in [5.74, 6) is 0.0458. The number of anilines is 1. The van der Waals surface area contributed by atoms with Crippen LogP contribution in [0.15, 0.2) is 41.2 Å². The number of nitrogens with zero attached hydrogens (tertiary/aromatic N) is 2. The Kier molecular flexibility index (Phi) is 5.94. The van der Waals surface area contributed by atoms with Gasteiger partial charge in [-0.15, -0.1) is 0 Å². The van der Waals surface area contributed by atoms with E-state index < -0.39 is 5.82 Å². The van der Waals surface area contributed by atoms with Crippen LogP contribution in [0.2, 0.25) is 5.02 Å². The van der Waals surface area contributed by atoms with Gasteiger partial charge in [0.15, 0.2) is 0 Å². The highest BCUT2D eigenvalue weighted by molar-refractivity contribution is 8.23. The van der Waals surface area contributed by atoms with Crippen LogP contribution in [0.25, 0.3) is 0 Å². The molecule has 2 atom stereocenters. The van der Waals surface area contributed by atoms with Crippen molar-refractivity contribution in [1.29, 1.82) is 0 Å². The third-order valence-corrected chi connectivity index (χ3v) is 7.08. The molecule has 2 bridgehead atoms. The van der Waals surface area contributed by atoms with Crippen molar-refractivity contribution in [3.8, 4) is 0 Å². The van der Waals surface area contributed by atoms with Gasteiger partial charge in [-0.1, -0.05) is 41.6 Å². The molecule has 4 rings (SSSR count). The minimum Gasteiger partial charge on any atom is -0.356 e. The molecule has 152 valence electrons. The first kappa shape index (κ1) is 20.4. The second kappa shape index (κ2) is 8.45. The Morgan fingerprint density at radius 3 is 2.90 bits per heavy atom. The van der Waals surface area contributed by atoms with Gasteiger partial charge in [0.05, 0.1) is 10.8 Å². The quantitative estimate of drug-likeness (QED) is 0.721. The van der Waals surface area contributed by atoms with E-state index in [1.165, 1.54) is 30.0 Å². The number of aromatic nitrogens is 1. The molecule has 5 nitrogen and oxygen atoms in total. The maximum Gasteiger partial charge on any atom is 0.250 e. The molecule has 2 aromatic rings. The molecule has 0 aliphatic carbocycles. The summed E-state index contributed by atoms with van der Waals surface area (Å²) in [4.78, 5) is 26.5. The van der Waals surface area contributed by atoms with Crippen molar-refractivity contribution >= 4 is 51.5 Å². The number of piperidine rings is 1. The van der Waals surface area contributed by atoms with E-state index in [4.69, 9.17) is 23.8 Å². The Balaban J connectivity index is 1.34. The molecule has 2 aliphatic rings. The molecule has 29 heavy (non-hydrogen) atoms. The van der Waals surface area contributed by atoms with Crippen LogP contribution in [-0.4, -0.2) is 38.5 Å². The predicted molar refractivity (Wildman–Crippen MR) is 118 cm³/mol. The van der Waals surface area contributed by atoms with Gasteiger partial charge in [-0.2, -0.15) is 0 Å². The molecule has 2 aliphatic heterocycles. The maximum absolute atomic E-state index is 13.2. The van der Waals surface area contributed by atoms with Crippen molar-refractivity contribution < 1.29 is 9.18 Å². The number of thioether (sulfide) groups is 1. The molecule has 1 aromatic heterocycles. The van der Waals surface area contributed by atoms with Crippen molar-refractivity contribution in [1.82, 2.24) is 9.47 Å². The van der Waals surface area contributed by atoms with E-state index in [1.807, 2.05) is 16.7 Å². The Bertz CT molecular complexity index is 1030. The van der Waals surface area contributed by atoms with Crippen LogP contribution in [0.5, 0.6) is 0 Å². The first-order chi connectivity index (χ1) is 13.9. The molecule has 1 amide bonds. The number of thiocarbonyl (C=S) groups is 1. The third-order valence-electron chi connectivity index (χ3n) is 5.27. The smallest absolute Gasteiger partial charge is 0.250 e. The zero-order chi connectivity index (χ0) is 20.5. The standard InChI is InChI=1S/C20H19ClFN3O2S2/c21-15-7-14(4-5-16(15)22)23-18(26)11-29-20(28)24-8-12-6-13(10-24)17-2-1-3-19(27)25(17)9-12/h1-5,7,12-13H,6,8-11H2,(H,23,26)/t12-,13-/m1/s1. The lowest BCUT2D eigenvalue weighted by Gasteiger charge is -2.43. The van der Waals surface area contributed by atoms with Crippen LogP contribution in [0.4, 0.5) is 10.1 Å². The van der Waals surface area contributed by atoms with Crippen LogP contribution in [0.3, 0.4) is 0 Å². The average molecular weight is 452 g/mol. The van der Waals surface area contributed by atoms with Crippen molar-refractivity contribution in [2.24, 2.45) is 5.92 Å². The fourth-order valence-corrected chi connectivity index (χ4v) is 5.20. The SMILES string of the molecule is O=C(CSC(=S)N1C[C@H]2C[C@H](C1)c1cccc(=O)n1C2)Nc1ccc(F)c(Cl)c1. The highest BCUT2D eigenvalue weighted by Gasteiger charge is 2.35. The molecule has 1 fully saturated rings. The van der Waals surface area contributed by atoms with Crippen LogP contribution in [0, 0.1) is 11.7 Å². The predicted octanol–water partition coefficient (Wildman–Crippen LogP) is 3.72. The first-order valence-corrected chi connectivity index (χ1v) is 11.0. The molecule has 1 aromatic carbocycles. The highest BCUT2D eigenvalue weighted by Crippen LogP contribution is 2.36.